The predicted molar refractivity (Wildman–Crippen MR) is 96.4 cm³/mol. The van der Waals surface area contributed by atoms with E-state index in [-0.39, 0.29) is 18.2 Å². The Balaban J connectivity index is 1.50. The summed E-state index contributed by atoms with van der Waals surface area (Å²) in [7, 11) is 0. The molecule has 1 amide bonds. The Morgan fingerprint density at radius 1 is 1.26 bits per heavy atom. The smallest absolute Gasteiger partial charge is 0.419 e. The monoisotopic (exact) mass is 384 g/mol. The van der Waals surface area contributed by atoms with Crippen molar-refractivity contribution in [2.24, 2.45) is 5.92 Å². The fraction of sp³-hybridized carbons (Fsp3) is 0.650. The number of fused-ring (bicyclic) bond motifs is 2. The second kappa shape index (κ2) is 8.50. The second-order valence-electron chi connectivity index (χ2n) is 7.63. The van der Waals surface area contributed by atoms with Crippen molar-refractivity contribution in [1.29, 1.82) is 0 Å². The normalized spacial score (nSPS) is 25.9. The van der Waals surface area contributed by atoms with Crippen LogP contribution in [0.15, 0.2) is 24.3 Å². The van der Waals surface area contributed by atoms with E-state index in [1.165, 1.54) is 31.0 Å². The molecule has 1 aromatic carbocycles. The van der Waals surface area contributed by atoms with E-state index in [1.54, 1.807) is 0 Å². The SMILES string of the molecule is CCC(CNC(=O)CC1CC2CCC(C1)N2)Oc1ccccc1C(F)(F)F. The number of amides is 1. The molecular formula is C20H27F3N2O2. The molecule has 0 spiro atoms. The molecule has 0 saturated carbocycles. The minimum atomic E-state index is -4.47. The first-order valence-electron chi connectivity index (χ1n) is 9.70. The quantitative estimate of drug-likeness (QED) is 0.750. The highest BCUT2D eigenvalue weighted by Crippen LogP contribution is 2.36. The van der Waals surface area contributed by atoms with Gasteiger partial charge in [-0.05, 0) is 50.2 Å². The molecule has 2 fully saturated rings. The van der Waals surface area contributed by atoms with Crippen molar-refractivity contribution in [1.82, 2.24) is 10.6 Å². The molecule has 2 saturated heterocycles. The van der Waals surface area contributed by atoms with Crippen LogP contribution in [0.4, 0.5) is 13.2 Å². The third-order valence-electron chi connectivity index (χ3n) is 5.51. The van der Waals surface area contributed by atoms with E-state index >= 15 is 0 Å². The molecule has 3 atom stereocenters. The first kappa shape index (κ1) is 20.0. The summed E-state index contributed by atoms with van der Waals surface area (Å²) in [6.45, 7) is 2.04. The molecular weight excluding hydrogens is 357 g/mol. The van der Waals surface area contributed by atoms with Crippen molar-refractivity contribution in [2.75, 3.05) is 6.54 Å². The number of para-hydroxylation sites is 1. The van der Waals surface area contributed by atoms with Gasteiger partial charge in [0.15, 0.2) is 0 Å². The van der Waals surface area contributed by atoms with E-state index in [2.05, 4.69) is 10.6 Å². The molecule has 0 radical (unpaired) electrons. The van der Waals surface area contributed by atoms with Crippen LogP contribution in [0.1, 0.15) is 51.0 Å². The van der Waals surface area contributed by atoms with Gasteiger partial charge in [-0.3, -0.25) is 4.79 Å². The summed E-state index contributed by atoms with van der Waals surface area (Å²) < 4.78 is 44.8. The zero-order chi connectivity index (χ0) is 19.4. The van der Waals surface area contributed by atoms with E-state index in [4.69, 9.17) is 4.74 Å². The number of nitrogens with one attached hydrogen (secondary N) is 2. The number of rotatable bonds is 7. The summed E-state index contributed by atoms with van der Waals surface area (Å²) in [5.41, 5.74) is -0.792. The minimum absolute atomic E-state index is 0.0487. The van der Waals surface area contributed by atoms with Crippen molar-refractivity contribution in [3.05, 3.63) is 29.8 Å². The topological polar surface area (TPSA) is 50.4 Å². The maximum absolute atomic E-state index is 13.1. The van der Waals surface area contributed by atoms with Gasteiger partial charge in [-0.15, -0.1) is 0 Å². The molecule has 150 valence electrons. The lowest BCUT2D eigenvalue weighted by Crippen LogP contribution is -2.41. The van der Waals surface area contributed by atoms with Gasteiger partial charge in [0.2, 0.25) is 5.91 Å². The van der Waals surface area contributed by atoms with Crippen LogP contribution in [0.3, 0.4) is 0 Å². The molecule has 0 aliphatic carbocycles. The van der Waals surface area contributed by atoms with E-state index in [0.717, 1.165) is 18.9 Å². The Morgan fingerprint density at radius 2 is 1.93 bits per heavy atom. The van der Waals surface area contributed by atoms with Crippen molar-refractivity contribution in [3.8, 4) is 5.75 Å². The summed E-state index contributed by atoms with van der Waals surface area (Å²) in [5.74, 6) is 0.143. The molecule has 2 heterocycles. The highest BCUT2D eigenvalue weighted by atomic mass is 19.4. The molecule has 27 heavy (non-hydrogen) atoms. The Hall–Kier alpha value is -1.76. The van der Waals surface area contributed by atoms with Gasteiger partial charge in [0.25, 0.3) is 0 Å². The van der Waals surface area contributed by atoms with Crippen LogP contribution >= 0.6 is 0 Å². The van der Waals surface area contributed by atoms with Gasteiger partial charge in [0.1, 0.15) is 11.9 Å². The lowest BCUT2D eigenvalue weighted by molar-refractivity contribution is -0.139. The molecule has 7 heteroatoms. The number of halogens is 3. The predicted octanol–water partition coefficient (Wildman–Crippen LogP) is 3.90. The van der Waals surface area contributed by atoms with E-state index in [0.29, 0.717) is 30.8 Å². The average Bonchev–Trinajstić information content (AvgIpc) is 2.96. The number of alkyl halides is 3. The van der Waals surface area contributed by atoms with E-state index < -0.39 is 17.8 Å². The van der Waals surface area contributed by atoms with E-state index in [1.807, 2.05) is 6.92 Å². The number of hydrogen-bond donors (Lipinski definition) is 2. The molecule has 1 aromatic rings. The first-order valence-corrected chi connectivity index (χ1v) is 9.70. The summed E-state index contributed by atoms with van der Waals surface area (Å²) in [5, 5.41) is 6.40. The van der Waals surface area contributed by atoms with Crippen LogP contribution in [0.2, 0.25) is 0 Å². The third-order valence-corrected chi connectivity index (χ3v) is 5.51. The lowest BCUT2D eigenvalue weighted by atomic mass is 9.89. The van der Waals surface area contributed by atoms with Crippen LogP contribution in [0.25, 0.3) is 0 Å². The average molecular weight is 384 g/mol. The zero-order valence-electron chi connectivity index (χ0n) is 15.5. The number of benzene rings is 1. The van der Waals surface area contributed by atoms with Crippen molar-refractivity contribution < 1.29 is 22.7 Å². The summed E-state index contributed by atoms with van der Waals surface area (Å²) in [6.07, 6.45) is 0.440. The van der Waals surface area contributed by atoms with Gasteiger partial charge in [-0.25, -0.2) is 0 Å². The fourth-order valence-electron chi connectivity index (χ4n) is 4.16. The van der Waals surface area contributed by atoms with Gasteiger partial charge in [0, 0.05) is 18.5 Å². The third kappa shape index (κ3) is 5.37. The van der Waals surface area contributed by atoms with Crippen LogP contribution in [-0.2, 0) is 11.0 Å². The number of hydrogen-bond acceptors (Lipinski definition) is 3. The highest BCUT2D eigenvalue weighted by molar-refractivity contribution is 5.76. The molecule has 3 rings (SSSR count). The largest absolute Gasteiger partial charge is 0.488 e. The number of piperidine rings is 1. The van der Waals surface area contributed by atoms with E-state index in [9.17, 15) is 18.0 Å². The van der Waals surface area contributed by atoms with Gasteiger partial charge in [-0.1, -0.05) is 19.1 Å². The Bertz CT molecular complexity index is 638. The van der Waals surface area contributed by atoms with Crippen molar-refractivity contribution in [2.45, 2.75) is 69.8 Å². The first-order chi connectivity index (χ1) is 12.8. The van der Waals surface area contributed by atoms with Gasteiger partial charge in [0.05, 0.1) is 12.1 Å². The number of carbonyl (C=O) groups excluding carboxylic acids is 1. The lowest BCUT2D eigenvalue weighted by Gasteiger charge is -2.29. The summed E-state index contributed by atoms with van der Waals surface area (Å²) >= 11 is 0. The molecule has 0 aromatic heterocycles. The fourth-order valence-corrected chi connectivity index (χ4v) is 4.16. The van der Waals surface area contributed by atoms with Crippen LogP contribution in [-0.4, -0.2) is 30.6 Å². The Kier molecular flexibility index (Phi) is 6.29. The van der Waals surface area contributed by atoms with Crippen molar-refractivity contribution >= 4 is 5.91 Å². The number of ether oxygens (including phenoxy) is 1. The van der Waals surface area contributed by atoms with Gasteiger partial charge < -0.3 is 15.4 Å². The summed E-state index contributed by atoms with van der Waals surface area (Å²) in [4.78, 5) is 12.3. The Labute approximate surface area is 157 Å². The molecule has 3 unspecified atom stereocenters. The molecule has 2 bridgehead atoms. The van der Waals surface area contributed by atoms with Gasteiger partial charge in [-0.2, -0.15) is 13.2 Å². The standard InChI is InChI=1S/C20H27F3N2O2/c1-2-16(27-18-6-4-3-5-17(18)20(21,22)23)12-24-19(26)11-13-9-14-7-8-15(10-13)25-14/h3-6,13-16,25H,2,7-12H2,1H3,(H,24,26). The zero-order valence-corrected chi connectivity index (χ0v) is 15.5. The maximum atomic E-state index is 13.1. The number of carbonyl (C=O) groups is 1. The van der Waals surface area contributed by atoms with Crippen LogP contribution in [0, 0.1) is 5.92 Å². The highest BCUT2D eigenvalue weighted by Gasteiger charge is 2.35. The minimum Gasteiger partial charge on any atom is -0.488 e. The second-order valence-corrected chi connectivity index (χ2v) is 7.63. The molecule has 2 N–H and O–H groups in total. The van der Waals surface area contributed by atoms with Crippen molar-refractivity contribution in [3.63, 3.8) is 0 Å². The molecule has 2 aliphatic rings. The summed E-state index contributed by atoms with van der Waals surface area (Å²) in [6, 6.07) is 6.25. The molecule has 4 nitrogen and oxygen atoms in total. The Morgan fingerprint density at radius 3 is 2.56 bits per heavy atom. The maximum Gasteiger partial charge on any atom is 0.419 e. The molecule has 2 aliphatic heterocycles. The van der Waals surface area contributed by atoms with Crippen LogP contribution in [0.5, 0.6) is 5.75 Å². The van der Waals surface area contributed by atoms with Crippen LogP contribution < -0.4 is 15.4 Å². The van der Waals surface area contributed by atoms with Gasteiger partial charge >= 0.3 is 6.18 Å².